The van der Waals surface area contributed by atoms with Gasteiger partial charge in [-0.25, -0.2) is 13.1 Å². The Balaban J connectivity index is 3.41. The number of rotatable bonds is 13. The van der Waals surface area contributed by atoms with Gasteiger partial charge in [-0.3, -0.25) is 0 Å². The molecule has 0 aliphatic carbocycles. The molecule has 0 radical (unpaired) electrons. The van der Waals surface area contributed by atoms with Crippen molar-refractivity contribution in [2.45, 2.75) is 39.0 Å². The molecule has 4 nitrogen and oxygen atoms in total. The molecule has 0 atom stereocenters. The highest BCUT2D eigenvalue weighted by Crippen LogP contribution is 2.04. The van der Waals surface area contributed by atoms with E-state index in [0.29, 0.717) is 13.0 Å². The lowest BCUT2D eigenvalue weighted by Gasteiger charge is -2.06. The number of sulfonamides is 1. The topological polar surface area (TPSA) is 58.2 Å². The van der Waals surface area contributed by atoms with Gasteiger partial charge in [-0.15, -0.1) is 0 Å². The first-order valence-electron chi connectivity index (χ1n) is 6.79. The van der Waals surface area contributed by atoms with E-state index in [1.807, 2.05) is 18.7 Å². The minimum absolute atomic E-state index is 0.229. The number of unbranched alkanes of at least 4 members (excludes halogenated alkanes) is 3. The first kappa shape index (κ1) is 18.2. The zero-order valence-electron chi connectivity index (χ0n) is 11.7. The average molecular weight is 297 g/mol. The summed E-state index contributed by atoms with van der Waals surface area (Å²) in [4.78, 5) is 0. The standard InChI is InChI=1S/C12H28N2O2S2/c1-3-13-9-8-12-18(15,16)14-10-6-4-5-7-11-17-2/h13-14H,3-12H2,1-2H3. The van der Waals surface area contributed by atoms with Gasteiger partial charge in [-0.05, 0) is 44.4 Å². The maximum absolute atomic E-state index is 11.6. The van der Waals surface area contributed by atoms with Crippen molar-refractivity contribution in [3.63, 3.8) is 0 Å². The van der Waals surface area contributed by atoms with Crippen LogP contribution >= 0.6 is 11.8 Å². The molecule has 0 heterocycles. The van der Waals surface area contributed by atoms with Crippen LogP contribution in [0.4, 0.5) is 0 Å². The molecular formula is C12H28N2O2S2. The number of nitrogens with one attached hydrogen (secondary N) is 2. The molecule has 0 aromatic heterocycles. The molecule has 0 saturated heterocycles. The molecule has 0 aliphatic rings. The van der Waals surface area contributed by atoms with Crippen LogP contribution in [-0.4, -0.2) is 45.8 Å². The molecule has 0 aliphatic heterocycles. The molecule has 0 fully saturated rings. The molecule has 18 heavy (non-hydrogen) atoms. The van der Waals surface area contributed by atoms with Gasteiger partial charge in [0.1, 0.15) is 0 Å². The number of hydrogen-bond donors (Lipinski definition) is 2. The van der Waals surface area contributed by atoms with Gasteiger partial charge in [0, 0.05) is 6.54 Å². The van der Waals surface area contributed by atoms with Crippen LogP contribution in [0.5, 0.6) is 0 Å². The molecule has 0 aromatic rings. The zero-order valence-corrected chi connectivity index (χ0v) is 13.3. The summed E-state index contributed by atoms with van der Waals surface area (Å²) in [5.41, 5.74) is 0. The van der Waals surface area contributed by atoms with Crippen molar-refractivity contribution < 1.29 is 8.42 Å². The van der Waals surface area contributed by atoms with Crippen LogP contribution in [0.1, 0.15) is 39.0 Å². The van der Waals surface area contributed by atoms with Gasteiger partial charge in [0.25, 0.3) is 0 Å². The molecule has 0 rings (SSSR count). The Morgan fingerprint density at radius 1 is 1.00 bits per heavy atom. The summed E-state index contributed by atoms with van der Waals surface area (Å²) in [5, 5.41) is 3.12. The van der Waals surface area contributed by atoms with Crippen molar-refractivity contribution >= 4 is 21.8 Å². The maximum atomic E-state index is 11.6. The lowest BCUT2D eigenvalue weighted by molar-refractivity contribution is 0.569. The Kier molecular flexibility index (Phi) is 12.4. The van der Waals surface area contributed by atoms with Gasteiger partial charge in [0.15, 0.2) is 0 Å². The van der Waals surface area contributed by atoms with Crippen LogP contribution in [0.25, 0.3) is 0 Å². The van der Waals surface area contributed by atoms with Crippen molar-refractivity contribution in [3.8, 4) is 0 Å². The maximum Gasteiger partial charge on any atom is 0.211 e. The quantitative estimate of drug-likeness (QED) is 0.509. The second-order valence-corrected chi connectivity index (χ2v) is 7.24. The van der Waals surface area contributed by atoms with E-state index in [-0.39, 0.29) is 5.75 Å². The summed E-state index contributed by atoms with van der Waals surface area (Å²) < 4.78 is 25.8. The SMILES string of the molecule is CCNCCCS(=O)(=O)NCCCCCCSC. The van der Waals surface area contributed by atoms with Crippen LogP contribution in [0.2, 0.25) is 0 Å². The molecular weight excluding hydrogens is 268 g/mol. The van der Waals surface area contributed by atoms with E-state index >= 15 is 0 Å². The minimum atomic E-state index is -3.05. The first-order chi connectivity index (χ1) is 8.62. The lowest BCUT2D eigenvalue weighted by atomic mass is 10.2. The number of hydrogen-bond acceptors (Lipinski definition) is 4. The van der Waals surface area contributed by atoms with Crippen molar-refractivity contribution in [1.82, 2.24) is 10.0 Å². The third kappa shape index (κ3) is 12.7. The Bertz CT molecular complexity index is 269. The van der Waals surface area contributed by atoms with Gasteiger partial charge in [-0.1, -0.05) is 19.8 Å². The summed E-state index contributed by atoms with van der Waals surface area (Å²) in [7, 11) is -3.05. The van der Waals surface area contributed by atoms with E-state index in [1.165, 1.54) is 18.6 Å². The molecule has 0 bridgehead atoms. The Morgan fingerprint density at radius 3 is 2.39 bits per heavy atom. The van der Waals surface area contributed by atoms with Crippen LogP contribution in [0.15, 0.2) is 0 Å². The van der Waals surface area contributed by atoms with E-state index in [1.54, 1.807) is 0 Å². The van der Waals surface area contributed by atoms with Crippen LogP contribution in [-0.2, 0) is 10.0 Å². The van der Waals surface area contributed by atoms with Crippen molar-refractivity contribution in [1.29, 1.82) is 0 Å². The third-order valence-corrected chi connectivity index (χ3v) is 4.78. The van der Waals surface area contributed by atoms with E-state index in [2.05, 4.69) is 16.3 Å². The van der Waals surface area contributed by atoms with Gasteiger partial charge in [0.2, 0.25) is 10.0 Å². The molecule has 0 amide bonds. The molecule has 0 spiro atoms. The highest BCUT2D eigenvalue weighted by molar-refractivity contribution is 7.98. The second kappa shape index (κ2) is 12.3. The monoisotopic (exact) mass is 296 g/mol. The van der Waals surface area contributed by atoms with Crippen LogP contribution < -0.4 is 10.0 Å². The van der Waals surface area contributed by atoms with Gasteiger partial charge >= 0.3 is 0 Å². The Labute approximate surface area is 117 Å². The van der Waals surface area contributed by atoms with E-state index in [4.69, 9.17) is 0 Å². The summed E-state index contributed by atoms with van der Waals surface area (Å²) in [6.07, 6.45) is 7.28. The fourth-order valence-corrected chi connectivity index (χ4v) is 3.21. The molecule has 6 heteroatoms. The predicted molar refractivity (Wildman–Crippen MR) is 81.8 cm³/mol. The van der Waals surface area contributed by atoms with Crippen LogP contribution in [0, 0.1) is 0 Å². The second-order valence-electron chi connectivity index (χ2n) is 4.33. The molecule has 0 aromatic carbocycles. The largest absolute Gasteiger partial charge is 0.317 e. The minimum Gasteiger partial charge on any atom is -0.317 e. The van der Waals surface area contributed by atoms with Gasteiger partial charge < -0.3 is 5.32 Å². The van der Waals surface area contributed by atoms with Crippen LogP contribution in [0.3, 0.4) is 0 Å². The first-order valence-corrected chi connectivity index (χ1v) is 9.84. The molecule has 2 N–H and O–H groups in total. The summed E-state index contributed by atoms with van der Waals surface area (Å²) in [6, 6.07) is 0. The lowest BCUT2D eigenvalue weighted by Crippen LogP contribution is -2.29. The Morgan fingerprint density at radius 2 is 1.72 bits per heavy atom. The average Bonchev–Trinajstić information content (AvgIpc) is 2.34. The predicted octanol–water partition coefficient (Wildman–Crippen LogP) is 1.83. The Hall–Kier alpha value is 0.220. The van der Waals surface area contributed by atoms with Crippen molar-refractivity contribution in [2.75, 3.05) is 37.4 Å². The summed E-state index contributed by atoms with van der Waals surface area (Å²) in [5.74, 6) is 1.43. The smallest absolute Gasteiger partial charge is 0.211 e. The summed E-state index contributed by atoms with van der Waals surface area (Å²) in [6.45, 7) is 4.27. The van der Waals surface area contributed by atoms with E-state index < -0.39 is 10.0 Å². The third-order valence-electron chi connectivity index (χ3n) is 2.61. The van der Waals surface area contributed by atoms with Crippen molar-refractivity contribution in [2.24, 2.45) is 0 Å². The number of thioether (sulfide) groups is 1. The van der Waals surface area contributed by atoms with Gasteiger partial charge in [0.05, 0.1) is 5.75 Å². The highest BCUT2D eigenvalue weighted by Gasteiger charge is 2.08. The van der Waals surface area contributed by atoms with E-state index in [0.717, 1.165) is 25.9 Å². The fourth-order valence-electron chi connectivity index (χ4n) is 1.59. The molecule has 110 valence electrons. The molecule has 0 unspecified atom stereocenters. The van der Waals surface area contributed by atoms with E-state index in [9.17, 15) is 8.42 Å². The highest BCUT2D eigenvalue weighted by atomic mass is 32.2. The van der Waals surface area contributed by atoms with Gasteiger partial charge in [-0.2, -0.15) is 11.8 Å². The summed E-state index contributed by atoms with van der Waals surface area (Å²) >= 11 is 1.87. The molecule has 0 saturated carbocycles. The zero-order chi connectivity index (χ0) is 13.7. The van der Waals surface area contributed by atoms with Crippen molar-refractivity contribution in [3.05, 3.63) is 0 Å². The normalized spacial score (nSPS) is 11.9. The fraction of sp³-hybridized carbons (Fsp3) is 1.00.